The number of nitrogens with two attached hydrogens (primary N) is 1. The van der Waals surface area contributed by atoms with Crippen LogP contribution in [0.1, 0.15) is 49.7 Å². The van der Waals surface area contributed by atoms with Crippen LogP contribution in [0.4, 0.5) is 0 Å². The number of halogens is 1. The lowest BCUT2D eigenvalue weighted by Crippen LogP contribution is -2.43. The van der Waals surface area contributed by atoms with Crippen molar-refractivity contribution in [1.82, 2.24) is 4.90 Å². The molecule has 3 fully saturated rings. The molecule has 2 heterocycles. The Morgan fingerprint density at radius 2 is 1.31 bits per heavy atom. The van der Waals surface area contributed by atoms with Crippen LogP contribution in [-0.4, -0.2) is 30.4 Å². The smallest absolute Gasteiger partial charge is 0.232 e. The summed E-state index contributed by atoms with van der Waals surface area (Å²) in [6, 6.07) is 20.2. The van der Waals surface area contributed by atoms with Gasteiger partial charge < -0.3 is 10.6 Å². The van der Waals surface area contributed by atoms with E-state index in [1.807, 2.05) is 60.7 Å². The molecule has 2 N–H and O–H groups in total. The van der Waals surface area contributed by atoms with Crippen LogP contribution in [0.2, 0.25) is 0 Å². The second kappa shape index (κ2) is 9.77. The summed E-state index contributed by atoms with van der Waals surface area (Å²) in [4.78, 5) is 15.5. The summed E-state index contributed by atoms with van der Waals surface area (Å²) in [6.45, 7) is 3.52. The Hall–Kier alpha value is -1.84. The van der Waals surface area contributed by atoms with Crippen LogP contribution in [0.3, 0.4) is 0 Å². The minimum Gasteiger partial charge on any atom is -0.369 e. The maximum absolute atomic E-state index is 12.9. The summed E-state index contributed by atoms with van der Waals surface area (Å²) in [7, 11) is 0. The topological polar surface area (TPSA) is 46.3 Å². The second-order valence-corrected chi connectivity index (χ2v) is 8.75. The minimum absolute atomic E-state index is 0. The van der Waals surface area contributed by atoms with Crippen LogP contribution in [0.25, 0.3) is 0 Å². The van der Waals surface area contributed by atoms with Crippen molar-refractivity contribution in [2.75, 3.05) is 19.6 Å². The number of hydrogen-bond acceptors (Lipinski definition) is 2. The molecule has 0 atom stereocenters. The van der Waals surface area contributed by atoms with Crippen LogP contribution >= 0.6 is 12.4 Å². The third kappa shape index (κ3) is 4.67. The van der Waals surface area contributed by atoms with Crippen molar-refractivity contribution in [2.24, 2.45) is 17.6 Å². The summed E-state index contributed by atoms with van der Waals surface area (Å²) < 4.78 is 0. The molecular formula is C25H33ClN2O. The maximum Gasteiger partial charge on any atom is 0.232 e. The molecule has 1 aliphatic carbocycles. The monoisotopic (exact) mass is 412 g/mol. The average molecular weight is 413 g/mol. The van der Waals surface area contributed by atoms with Gasteiger partial charge in [-0.1, -0.05) is 60.7 Å². The summed E-state index contributed by atoms with van der Waals surface area (Å²) in [5.74, 6) is 1.51. The van der Waals surface area contributed by atoms with Gasteiger partial charge in [0.05, 0.1) is 5.41 Å². The summed E-state index contributed by atoms with van der Waals surface area (Å²) in [6.07, 6.45) is 7.34. The molecule has 3 aliphatic rings. The van der Waals surface area contributed by atoms with Gasteiger partial charge in [-0.25, -0.2) is 0 Å². The number of fused-ring (bicyclic) bond motifs is 4. The standard InChI is InChI=1S/C25H32N2O.ClH/c26-24(28)25(22-8-3-1-4-9-22,23-10-5-2-6-11-23)16-7-17-27-18-20-12-13-21(19-27)15-14-20;/h1-6,8-11,20-21H,7,12-19H2,(H2,26,28);1H. The highest BCUT2D eigenvalue weighted by Gasteiger charge is 2.40. The van der Waals surface area contributed by atoms with Crippen LogP contribution < -0.4 is 5.73 Å². The van der Waals surface area contributed by atoms with Gasteiger partial charge in [0.15, 0.2) is 0 Å². The number of hydrogen-bond donors (Lipinski definition) is 1. The molecule has 156 valence electrons. The molecule has 2 aliphatic heterocycles. The van der Waals surface area contributed by atoms with Gasteiger partial charge >= 0.3 is 0 Å². The lowest BCUT2D eigenvalue weighted by atomic mass is 9.70. The predicted molar refractivity (Wildman–Crippen MR) is 121 cm³/mol. The second-order valence-electron chi connectivity index (χ2n) is 8.75. The van der Waals surface area contributed by atoms with Crippen LogP contribution in [-0.2, 0) is 10.2 Å². The van der Waals surface area contributed by atoms with Gasteiger partial charge in [-0.15, -0.1) is 12.4 Å². The molecule has 29 heavy (non-hydrogen) atoms. The zero-order valence-corrected chi connectivity index (χ0v) is 17.9. The van der Waals surface area contributed by atoms with Crippen molar-refractivity contribution in [1.29, 1.82) is 0 Å². The van der Waals surface area contributed by atoms with E-state index in [1.54, 1.807) is 0 Å². The molecule has 0 radical (unpaired) electrons. The fraction of sp³-hybridized carbons (Fsp3) is 0.480. The van der Waals surface area contributed by atoms with Crippen molar-refractivity contribution in [3.05, 3.63) is 71.8 Å². The van der Waals surface area contributed by atoms with Gasteiger partial charge in [-0.05, 0) is 68.0 Å². The SMILES string of the molecule is Cl.NC(=O)C(CCCN1CC2CCC(CC2)C1)(c1ccccc1)c1ccccc1. The first-order valence-corrected chi connectivity index (χ1v) is 10.8. The number of carbonyl (C=O) groups is 1. The maximum atomic E-state index is 12.9. The predicted octanol–water partition coefficient (Wildman–Crippen LogP) is 4.78. The van der Waals surface area contributed by atoms with Gasteiger partial charge in [0.25, 0.3) is 0 Å². The number of primary amides is 1. The zero-order chi connectivity index (χ0) is 19.4. The summed E-state index contributed by atoms with van der Waals surface area (Å²) >= 11 is 0. The molecule has 0 spiro atoms. The normalized spacial score (nSPS) is 21.9. The molecule has 1 saturated carbocycles. The van der Waals surface area contributed by atoms with Gasteiger partial charge in [-0.2, -0.15) is 0 Å². The third-order valence-electron chi connectivity index (χ3n) is 6.98. The molecule has 0 aromatic heterocycles. The van der Waals surface area contributed by atoms with E-state index in [1.165, 1.54) is 38.8 Å². The number of nitrogens with zero attached hydrogens (tertiary/aromatic N) is 1. The van der Waals surface area contributed by atoms with E-state index in [2.05, 4.69) is 4.90 Å². The third-order valence-corrected chi connectivity index (χ3v) is 6.98. The molecule has 0 unspecified atom stereocenters. The first kappa shape index (κ1) is 21.9. The lowest BCUT2D eigenvalue weighted by molar-refractivity contribution is -0.122. The Morgan fingerprint density at radius 1 is 0.862 bits per heavy atom. The fourth-order valence-corrected chi connectivity index (χ4v) is 5.46. The van der Waals surface area contributed by atoms with Crippen molar-refractivity contribution in [3.8, 4) is 0 Å². The van der Waals surface area contributed by atoms with E-state index in [-0.39, 0.29) is 18.3 Å². The number of carbonyl (C=O) groups excluding carboxylic acids is 1. The highest BCUT2D eigenvalue weighted by molar-refractivity contribution is 5.90. The first-order chi connectivity index (χ1) is 13.7. The molecule has 4 heteroatoms. The number of amides is 1. The number of rotatable bonds is 7. The van der Waals surface area contributed by atoms with E-state index in [4.69, 9.17) is 5.73 Å². The quantitative estimate of drug-likeness (QED) is 0.711. The van der Waals surface area contributed by atoms with Crippen molar-refractivity contribution >= 4 is 18.3 Å². The Kier molecular flexibility index (Phi) is 7.37. The van der Waals surface area contributed by atoms with Crippen molar-refractivity contribution in [3.63, 3.8) is 0 Å². The van der Waals surface area contributed by atoms with E-state index >= 15 is 0 Å². The number of benzene rings is 2. The Bertz CT molecular complexity index is 718. The molecule has 1 amide bonds. The zero-order valence-electron chi connectivity index (χ0n) is 17.1. The molecule has 2 bridgehead atoms. The Morgan fingerprint density at radius 3 is 1.72 bits per heavy atom. The summed E-state index contributed by atoms with van der Waals surface area (Å²) in [5.41, 5.74) is 7.33. The van der Waals surface area contributed by atoms with Crippen LogP contribution in [0.5, 0.6) is 0 Å². The Labute approximate surface area is 181 Å². The average Bonchev–Trinajstić information content (AvgIpc) is 3.05. The summed E-state index contributed by atoms with van der Waals surface area (Å²) in [5, 5.41) is 0. The van der Waals surface area contributed by atoms with Gasteiger partial charge in [0, 0.05) is 13.1 Å². The first-order valence-electron chi connectivity index (χ1n) is 10.8. The molecule has 2 saturated heterocycles. The van der Waals surface area contributed by atoms with Gasteiger partial charge in [-0.3, -0.25) is 4.79 Å². The highest BCUT2D eigenvalue weighted by atomic mass is 35.5. The van der Waals surface area contributed by atoms with Crippen LogP contribution in [0, 0.1) is 11.8 Å². The molecular weight excluding hydrogens is 380 g/mol. The fourth-order valence-electron chi connectivity index (χ4n) is 5.46. The molecule has 5 rings (SSSR count). The van der Waals surface area contributed by atoms with Crippen LogP contribution in [0.15, 0.2) is 60.7 Å². The van der Waals surface area contributed by atoms with Gasteiger partial charge in [0.2, 0.25) is 5.91 Å². The Balaban J connectivity index is 0.00000240. The minimum atomic E-state index is -0.757. The molecule has 3 nitrogen and oxygen atoms in total. The highest BCUT2D eigenvalue weighted by Crippen LogP contribution is 2.38. The largest absolute Gasteiger partial charge is 0.369 e. The van der Waals surface area contributed by atoms with Crippen molar-refractivity contribution < 1.29 is 4.79 Å². The lowest BCUT2D eigenvalue weighted by Gasteiger charge is -2.33. The van der Waals surface area contributed by atoms with Crippen molar-refractivity contribution in [2.45, 2.75) is 43.9 Å². The van der Waals surface area contributed by atoms with E-state index in [9.17, 15) is 4.79 Å². The molecule has 2 aromatic rings. The van der Waals surface area contributed by atoms with E-state index in [0.717, 1.165) is 42.3 Å². The van der Waals surface area contributed by atoms with E-state index < -0.39 is 5.41 Å². The molecule has 2 aromatic carbocycles. The van der Waals surface area contributed by atoms with E-state index in [0.29, 0.717) is 0 Å². The van der Waals surface area contributed by atoms with Gasteiger partial charge in [0.1, 0.15) is 0 Å².